The van der Waals surface area contributed by atoms with Gasteiger partial charge in [-0.2, -0.15) is 0 Å². The molecule has 0 amide bonds. The summed E-state index contributed by atoms with van der Waals surface area (Å²) in [4.78, 5) is 26.9. The van der Waals surface area contributed by atoms with Crippen LogP contribution in [0.15, 0.2) is 33.9 Å². The molecule has 0 spiro atoms. The minimum atomic E-state index is -0.558. The maximum atomic E-state index is 11.6. The van der Waals surface area contributed by atoms with Gasteiger partial charge in [-0.25, -0.2) is 0 Å². The van der Waals surface area contributed by atoms with Crippen molar-refractivity contribution in [1.82, 2.24) is 0 Å². The summed E-state index contributed by atoms with van der Waals surface area (Å²) >= 11 is 0. The molecule has 1 aliphatic rings. The van der Waals surface area contributed by atoms with Gasteiger partial charge in [0, 0.05) is 26.2 Å². The van der Waals surface area contributed by atoms with E-state index < -0.39 is 10.9 Å². The maximum absolute atomic E-state index is 11.6. The van der Waals surface area contributed by atoms with Crippen LogP contribution in [0.2, 0.25) is 0 Å². The highest BCUT2D eigenvalue weighted by molar-refractivity contribution is 5.73. The average Bonchev–Trinajstić information content (AvgIpc) is 2.55. The predicted octanol–water partition coefficient (Wildman–Crippen LogP) is 0.200. The molecule has 1 aliphatic heterocycles. The van der Waals surface area contributed by atoms with Crippen LogP contribution in [0.25, 0.3) is 0 Å². The number of nitrogens with two attached hydrogens (primary N) is 1. The molecule has 1 heterocycles. The first-order valence-electron chi connectivity index (χ1n) is 6.85. The van der Waals surface area contributed by atoms with Crippen LogP contribution in [-0.4, -0.2) is 33.3 Å². The molecule has 110 valence electrons. The van der Waals surface area contributed by atoms with Gasteiger partial charge in [0.05, 0.1) is 12.8 Å². The normalized spacial score (nSPS) is 15.5. The van der Waals surface area contributed by atoms with Gasteiger partial charge in [0.15, 0.2) is 0 Å². The number of hydrogen-bond donors (Lipinski definition) is 1. The zero-order chi connectivity index (χ0) is 15.0. The SMILES string of the molecule is COc1ccccc1N1CCN(c2c(N)c(=O)c2=O)CC1. The van der Waals surface area contributed by atoms with Crippen LogP contribution in [-0.2, 0) is 0 Å². The number of rotatable bonds is 3. The maximum Gasteiger partial charge on any atom is 0.253 e. The summed E-state index contributed by atoms with van der Waals surface area (Å²) in [5.41, 5.74) is 6.13. The van der Waals surface area contributed by atoms with E-state index in [4.69, 9.17) is 10.5 Å². The molecule has 21 heavy (non-hydrogen) atoms. The van der Waals surface area contributed by atoms with Crippen molar-refractivity contribution in [2.75, 3.05) is 48.8 Å². The lowest BCUT2D eigenvalue weighted by molar-refractivity contribution is 0.413. The van der Waals surface area contributed by atoms with Gasteiger partial charge >= 0.3 is 0 Å². The number of anilines is 3. The highest BCUT2D eigenvalue weighted by Gasteiger charge is 2.27. The van der Waals surface area contributed by atoms with Gasteiger partial charge in [-0.15, -0.1) is 0 Å². The van der Waals surface area contributed by atoms with E-state index >= 15 is 0 Å². The van der Waals surface area contributed by atoms with E-state index in [-0.39, 0.29) is 5.69 Å². The third-order valence-electron chi connectivity index (χ3n) is 3.94. The minimum Gasteiger partial charge on any atom is -0.495 e. The van der Waals surface area contributed by atoms with E-state index in [1.807, 2.05) is 29.2 Å². The fourth-order valence-electron chi connectivity index (χ4n) is 2.77. The van der Waals surface area contributed by atoms with Crippen molar-refractivity contribution in [2.24, 2.45) is 0 Å². The molecular weight excluding hydrogens is 270 g/mol. The van der Waals surface area contributed by atoms with E-state index in [1.165, 1.54) is 0 Å². The van der Waals surface area contributed by atoms with E-state index in [0.717, 1.165) is 24.5 Å². The number of nitrogens with zero attached hydrogens (tertiary/aromatic N) is 2. The summed E-state index contributed by atoms with van der Waals surface area (Å²) in [5, 5.41) is 0. The highest BCUT2D eigenvalue weighted by atomic mass is 16.5. The molecule has 1 fully saturated rings. The molecule has 3 rings (SSSR count). The molecule has 2 N–H and O–H groups in total. The first kappa shape index (κ1) is 13.5. The predicted molar refractivity (Wildman–Crippen MR) is 83.2 cm³/mol. The van der Waals surface area contributed by atoms with Crippen molar-refractivity contribution in [3.05, 3.63) is 44.7 Å². The van der Waals surface area contributed by atoms with Crippen LogP contribution in [0.3, 0.4) is 0 Å². The molecule has 0 unspecified atom stereocenters. The van der Waals surface area contributed by atoms with Gasteiger partial charge in [-0.05, 0) is 12.1 Å². The molecule has 0 atom stereocenters. The average molecular weight is 287 g/mol. The molecule has 6 heteroatoms. The zero-order valence-electron chi connectivity index (χ0n) is 11.8. The molecule has 1 saturated heterocycles. The Balaban J connectivity index is 1.74. The molecule has 2 aromatic carbocycles. The Morgan fingerprint density at radius 1 is 1.00 bits per heavy atom. The van der Waals surface area contributed by atoms with E-state index in [0.29, 0.717) is 18.8 Å². The summed E-state index contributed by atoms with van der Waals surface area (Å²) in [7, 11) is 1.65. The Morgan fingerprint density at radius 2 is 1.62 bits per heavy atom. The second-order valence-corrected chi connectivity index (χ2v) is 5.07. The van der Waals surface area contributed by atoms with Gasteiger partial charge in [-0.3, -0.25) is 9.59 Å². The molecule has 0 aromatic heterocycles. The number of ether oxygens (including phenoxy) is 1. The fraction of sp³-hybridized carbons (Fsp3) is 0.333. The molecule has 0 aliphatic carbocycles. The number of piperazine rings is 1. The topological polar surface area (TPSA) is 75.9 Å². The Kier molecular flexibility index (Phi) is 3.29. The Bertz CT molecular complexity index is 726. The molecule has 0 bridgehead atoms. The molecule has 2 aromatic rings. The highest BCUT2D eigenvalue weighted by Crippen LogP contribution is 2.29. The standard InChI is InChI=1S/C15H17N3O3/c1-21-11-5-3-2-4-10(11)17-6-8-18(9-7-17)13-12(16)14(19)15(13)20/h2-5H,6-9,16H2,1H3. The quantitative estimate of drug-likeness (QED) is 0.813. The van der Waals surface area contributed by atoms with Crippen LogP contribution in [0.4, 0.5) is 17.1 Å². The van der Waals surface area contributed by atoms with E-state index in [9.17, 15) is 9.59 Å². The van der Waals surface area contributed by atoms with E-state index in [2.05, 4.69) is 4.90 Å². The zero-order valence-corrected chi connectivity index (χ0v) is 11.8. The largest absolute Gasteiger partial charge is 0.495 e. The van der Waals surface area contributed by atoms with Gasteiger partial charge in [0.2, 0.25) is 0 Å². The van der Waals surface area contributed by atoms with Crippen molar-refractivity contribution < 1.29 is 4.74 Å². The van der Waals surface area contributed by atoms with Crippen molar-refractivity contribution in [3.63, 3.8) is 0 Å². The van der Waals surface area contributed by atoms with Crippen LogP contribution in [0.5, 0.6) is 5.75 Å². The molecule has 0 saturated carbocycles. The number of methoxy groups -OCH3 is 1. The van der Waals surface area contributed by atoms with Crippen molar-refractivity contribution in [3.8, 4) is 5.75 Å². The first-order valence-corrected chi connectivity index (χ1v) is 6.85. The third kappa shape index (κ3) is 2.12. The van der Waals surface area contributed by atoms with Crippen molar-refractivity contribution in [2.45, 2.75) is 0 Å². The molecule has 6 nitrogen and oxygen atoms in total. The number of nitrogen functional groups attached to an aromatic ring is 1. The summed E-state index contributed by atoms with van der Waals surface area (Å²) in [6.07, 6.45) is 0. The van der Waals surface area contributed by atoms with Crippen LogP contribution < -0.4 is 31.1 Å². The Labute approximate surface area is 122 Å². The fourth-order valence-corrected chi connectivity index (χ4v) is 2.77. The van der Waals surface area contributed by atoms with Crippen molar-refractivity contribution in [1.29, 1.82) is 0 Å². The lowest BCUT2D eigenvalue weighted by Crippen LogP contribution is -2.51. The van der Waals surface area contributed by atoms with Crippen molar-refractivity contribution >= 4 is 17.1 Å². The van der Waals surface area contributed by atoms with Gasteiger partial charge in [-0.1, -0.05) is 12.1 Å². The van der Waals surface area contributed by atoms with Gasteiger partial charge in [0.1, 0.15) is 17.1 Å². The Hall–Kier alpha value is -2.50. The number of para-hydroxylation sites is 2. The van der Waals surface area contributed by atoms with Gasteiger partial charge in [0.25, 0.3) is 10.9 Å². The second-order valence-electron chi connectivity index (χ2n) is 5.07. The van der Waals surface area contributed by atoms with Gasteiger partial charge < -0.3 is 20.3 Å². The molecular formula is C15H17N3O3. The third-order valence-corrected chi connectivity index (χ3v) is 3.94. The summed E-state index contributed by atoms with van der Waals surface area (Å²) in [6, 6.07) is 7.85. The van der Waals surface area contributed by atoms with Crippen LogP contribution in [0, 0.1) is 0 Å². The summed E-state index contributed by atoms with van der Waals surface area (Å²) < 4.78 is 5.37. The first-order chi connectivity index (χ1) is 10.1. The lowest BCUT2D eigenvalue weighted by atomic mass is 10.1. The number of benzene rings is 1. The van der Waals surface area contributed by atoms with Crippen LogP contribution >= 0.6 is 0 Å². The summed E-state index contributed by atoms with van der Waals surface area (Å²) in [5.74, 6) is 0.833. The second kappa shape index (κ2) is 5.12. The summed E-state index contributed by atoms with van der Waals surface area (Å²) in [6.45, 7) is 2.82. The lowest BCUT2D eigenvalue weighted by Gasteiger charge is -2.38. The molecule has 0 radical (unpaired) electrons. The number of hydrogen-bond acceptors (Lipinski definition) is 6. The monoisotopic (exact) mass is 287 g/mol. The minimum absolute atomic E-state index is 0.103. The van der Waals surface area contributed by atoms with Crippen LogP contribution in [0.1, 0.15) is 0 Å². The van der Waals surface area contributed by atoms with E-state index in [1.54, 1.807) is 7.11 Å². The Morgan fingerprint density at radius 3 is 2.24 bits per heavy atom. The smallest absolute Gasteiger partial charge is 0.253 e.